The number of anilines is 1. The first kappa shape index (κ1) is 17.5. The number of hydrogen-bond acceptors (Lipinski definition) is 9. The number of nitrogens with one attached hydrogen (secondary N) is 1. The second kappa shape index (κ2) is 7.26. The molecule has 2 aromatic rings. The van der Waals surface area contributed by atoms with Crippen LogP contribution in [0.2, 0.25) is 0 Å². The van der Waals surface area contributed by atoms with E-state index in [0.717, 1.165) is 0 Å². The van der Waals surface area contributed by atoms with E-state index in [2.05, 4.69) is 32.5 Å². The van der Waals surface area contributed by atoms with Crippen molar-refractivity contribution in [2.45, 2.75) is 31.5 Å². The van der Waals surface area contributed by atoms with E-state index in [1.54, 1.807) is 4.57 Å². The Morgan fingerprint density at radius 2 is 2.29 bits per heavy atom. The van der Waals surface area contributed by atoms with Gasteiger partial charge in [-0.1, -0.05) is 0 Å². The standard InChI is InChI=1S/C12H16N5O5PS/c1-2-13-10-7-11(15-4-14-10)17(5-16-7)12-9(22-23(20)24)8(19)6(3-18)21-12/h4-6,8-9,12,18-19H,2-3H2,1H3,(H-,13,14,15,20,24)/p+1/t6?,8-,9-,12?/m1/s1. The highest BCUT2D eigenvalue weighted by Gasteiger charge is 2.49. The van der Waals surface area contributed by atoms with Crippen LogP contribution in [0, 0.1) is 0 Å². The van der Waals surface area contributed by atoms with Crippen LogP contribution >= 0.6 is 19.5 Å². The lowest BCUT2D eigenvalue weighted by Gasteiger charge is -2.16. The molecule has 3 rings (SSSR count). The highest BCUT2D eigenvalue weighted by Crippen LogP contribution is 2.40. The summed E-state index contributed by atoms with van der Waals surface area (Å²) in [5, 5.41) is 22.6. The van der Waals surface area contributed by atoms with E-state index >= 15 is 0 Å². The Labute approximate surface area is 143 Å². The lowest BCUT2D eigenvalue weighted by Crippen LogP contribution is -2.34. The van der Waals surface area contributed by atoms with Gasteiger partial charge in [0, 0.05) is 6.54 Å². The Bertz CT molecular complexity index is 746. The van der Waals surface area contributed by atoms with Crippen molar-refractivity contribution >= 4 is 36.5 Å². The zero-order chi connectivity index (χ0) is 17.3. The van der Waals surface area contributed by atoms with Gasteiger partial charge in [0.05, 0.1) is 12.9 Å². The highest BCUT2D eigenvalue weighted by molar-refractivity contribution is 8.39. The van der Waals surface area contributed by atoms with Gasteiger partial charge in [-0.05, 0) is 11.5 Å². The minimum absolute atomic E-state index is 0.412. The van der Waals surface area contributed by atoms with Gasteiger partial charge in [0.15, 0.2) is 29.3 Å². The summed E-state index contributed by atoms with van der Waals surface area (Å²) < 4.78 is 23.8. The Kier molecular flexibility index (Phi) is 5.28. The van der Waals surface area contributed by atoms with Crippen LogP contribution in [0.4, 0.5) is 5.82 Å². The number of rotatable bonds is 6. The van der Waals surface area contributed by atoms with E-state index in [1.807, 2.05) is 6.92 Å². The molecule has 0 radical (unpaired) electrons. The van der Waals surface area contributed by atoms with E-state index in [0.29, 0.717) is 23.5 Å². The number of imidazole rings is 1. The molecule has 130 valence electrons. The van der Waals surface area contributed by atoms with Crippen LogP contribution in [-0.4, -0.2) is 61.2 Å². The Morgan fingerprint density at radius 1 is 1.50 bits per heavy atom. The zero-order valence-electron chi connectivity index (χ0n) is 12.7. The van der Waals surface area contributed by atoms with E-state index in [1.165, 1.54) is 12.7 Å². The monoisotopic (exact) mass is 374 g/mol. The largest absolute Gasteiger partial charge is 0.582 e. The van der Waals surface area contributed by atoms with Gasteiger partial charge in [-0.2, -0.15) is 0 Å². The van der Waals surface area contributed by atoms with Crippen LogP contribution in [0.25, 0.3) is 11.2 Å². The average Bonchev–Trinajstić information content (AvgIpc) is 3.10. The molecule has 1 fully saturated rings. The van der Waals surface area contributed by atoms with Crippen LogP contribution in [0.3, 0.4) is 0 Å². The summed E-state index contributed by atoms with van der Waals surface area (Å²) in [5.41, 5.74) is 0.985. The maximum Gasteiger partial charge on any atom is 0.582 e. The molecule has 3 N–H and O–H groups in total. The number of aromatic nitrogens is 4. The predicted molar refractivity (Wildman–Crippen MR) is 88.0 cm³/mol. The highest BCUT2D eigenvalue weighted by atomic mass is 32.7. The van der Waals surface area contributed by atoms with Gasteiger partial charge in [0.1, 0.15) is 30.8 Å². The number of fused-ring (bicyclic) bond motifs is 1. The molecule has 0 amide bonds. The fourth-order valence-electron chi connectivity index (χ4n) is 2.65. The Hall–Kier alpha value is -1.36. The topological polar surface area (TPSA) is 132 Å². The minimum Gasteiger partial charge on any atom is -0.394 e. The number of hydrogen-bond donors (Lipinski definition) is 4. The first-order chi connectivity index (χ1) is 11.6. The number of thiol groups is 1. The van der Waals surface area contributed by atoms with Crippen molar-refractivity contribution in [1.29, 1.82) is 0 Å². The lowest BCUT2D eigenvalue weighted by molar-refractivity contribution is -0.0481. The zero-order valence-corrected chi connectivity index (χ0v) is 14.5. The molecule has 1 aliphatic heterocycles. The first-order valence-corrected chi connectivity index (χ1v) is 9.58. The van der Waals surface area contributed by atoms with Crippen molar-refractivity contribution in [3.8, 4) is 0 Å². The van der Waals surface area contributed by atoms with E-state index in [4.69, 9.17) is 9.26 Å². The molecular formula is C12H17N5O5PS+. The summed E-state index contributed by atoms with van der Waals surface area (Å²) in [7, 11) is -2.28. The van der Waals surface area contributed by atoms with Crippen molar-refractivity contribution in [1.82, 2.24) is 19.5 Å². The Balaban J connectivity index is 2.01. The number of aliphatic hydroxyl groups is 2. The smallest absolute Gasteiger partial charge is 0.394 e. The molecule has 2 aromatic heterocycles. The molecule has 1 saturated heterocycles. The first-order valence-electron chi connectivity index (χ1n) is 7.25. The molecule has 12 heteroatoms. The maximum atomic E-state index is 11.4. The summed E-state index contributed by atoms with van der Waals surface area (Å²) in [6.45, 7) is 2.18. The molecule has 10 nitrogen and oxygen atoms in total. The van der Waals surface area contributed by atoms with Crippen molar-refractivity contribution in [3.05, 3.63) is 12.7 Å². The van der Waals surface area contributed by atoms with Gasteiger partial charge in [0.25, 0.3) is 0 Å². The van der Waals surface area contributed by atoms with Gasteiger partial charge in [-0.15, -0.1) is 4.52 Å². The van der Waals surface area contributed by atoms with Crippen LogP contribution in [0.15, 0.2) is 12.7 Å². The molecule has 3 heterocycles. The lowest BCUT2D eigenvalue weighted by atomic mass is 10.1. The predicted octanol–water partition coefficient (Wildman–Crippen LogP) is 0.481. The molecule has 0 saturated carbocycles. The van der Waals surface area contributed by atoms with E-state index in [-0.39, 0.29) is 0 Å². The normalized spacial score (nSPS) is 27.6. The second-order valence-electron chi connectivity index (χ2n) is 5.12. The third-order valence-electron chi connectivity index (χ3n) is 3.68. The average molecular weight is 374 g/mol. The number of aliphatic hydroxyl groups excluding tert-OH is 2. The SMILES string of the molecule is CCNc1ncnc2c1ncn2C1OC(CO)[C@@H](O)[C@H]1O[P+](=O)S. The van der Waals surface area contributed by atoms with Gasteiger partial charge >= 0.3 is 7.23 Å². The molecule has 5 atom stereocenters. The Morgan fingerprint density at radius 3 is 2.96 bits per heavy atom. The van der Waals surface area contributed by atoms with Crippen LogP contribution < -0.4 is 5.32 Å². The van der Waals surface area contributed by atoms with E-state index < -0.39 is 38.4 Å². The second-order valence-corrected chi connectivity index (χ2v) is 6.79. The third-order valence-corrected chi connectivity index (χ3v) is 4.39. The fraction of sp³-hybridized carbons (Fsp3) is 0.583. The minimum atomic E-state index is -2.28. The van der Waals surface area contributed by atoms with Gasteiger partial charge < -0.3 is 20.3 Å². The number of ether oxygens (including phenoxy) is 1. The van der Waals surface area contributed by atoms with Crippen LogP contribution in [0.5, 0.6) is 0 Å². The summed E-state index contributed by atoms with van der Waals surface area (Å²) in [6, 6.07) is 0. The third kappa shape index (κ3) is 3.10. The molecule has 3 unspecified atom stereocenters. The number of nitrogens with zero attached hydrogens (tertiary/aromatic N) is 4. The fourth-order valence-corrected chi connectivity index (χ4v) is 3.41. The van der Waals surface area contributed by atoms with Crippen molar-refractivity contribution in [2.75, 3.05) is 18.5 Å². The van der Waals surface area contributed by atoms with Crippen molar-refractivity contribution in [3.63, 3.8) is 0 Å². The van der Waals surface area contributed by atoms with Gasteiger partial charge in [-0.3, -0.25) is 4.57 Å². The maximum absolute atomic E-state index is 11.4. The summed E-state index contributed by atoms with van der Waals surface area (Å²) in [6.07, 6.45) is -1.05. The van der Waals surface area contributed by atoms with E-state index in [9.17, 15) is 14.8 Å². The molecule has 24 heavy (non-hydrogen) atoms. The molecule has 0 aliphatic carbocycles. The summed E-state index contributed by atoms with van der Waals surface area (Å²) in [4.78, 5) is 12.6. The van der Waals surface area contributed by atoms with Crippen molar-refractivity contribution < 1.29 is 24.0 Å². The van der Waals surface area contributed by atoms with Gasteiger partial charge in [0.2, 0.25) is 0 Å². The van der Waals surface area contributed by atoms with Crippen molar-refractivity contribution in [2.24, 2.45) is 0 Å². The molecule has 0 bridgehead atoms. The van der Waals surface area contributed by atoms with Crippen LogP contribution in [0.1, 0.15) is 13.2 Å². The quantitative estimate of drug-likeness (QED) is 0.421. The summed E-state index contributed by atoms with van der Waals surface area (Å²) >= 11 is 3.73. The molecular weight excluding hydrogens is 357 g/mol. The van der Waals surface area contributed by atoms with Gasteiger partial charge in [-0.25, -0.2) is 15.0 Å². The van der Waals surface area contributed by atoms with Crippen LogP contribution in [-0.2, 0) is 13.8 Å². The molecule has 1 aliphatic rings. The molecule has 0 spiro atoms. The molecule has 0 aromatic carbocycles. The summed E-state index contributed by atoms with van der Waals surface area (Å²) in [5.74, 6) is 0.566.